The lowest BCUT2D eigenvalue weighted by Gasteiger charge is -2.14. The van der Waals surface area contributed by atoms with Crippen molar-refractivity contribution in [1.29, 1.82) is 0 Å². The van der Waals surface area contributed by atoms with Crippen molar-refractivity contribution in [2.75, 3.05) is 0 Å². The van der Waals surface area contributed by atoms with Gasteiger partial charge in [0.1, 0.15) is 9.32 Å². The Hall–Kier alpha value is -1.37. The third-order valence-corrected chi connectivity index (χ3v) is 3.71. The molecule has 1 aromatic carbocycles. The average Bonchev–Trinajstić information content (AvgIpc) is 2.35. The SMILES string of the molecule is Cc1ccc(C(C)C)c(Oc2nc[nH]c(=O)c2I)c1. The number of aromatic nitrogens is 2. The summed E-state index contributed by atoms with van der Waals surface area (Å²) in [6, 6.07) is 6.07. The van der Waals surface area contributed by atoms with E-state index in [9.17, 15) is 4.79 Å². The van der Waals surface area contributed by atoms with Gasteiger partial charge < -0.3 is 9.72 Å². The van der Waals surface area contributed by atoms with Crippen molar-refractivity contribution < 1.29 is 4.74 Å². The Morgan fingerprint density at radius 2 is 2.11 bits per heavy atom. The number of nitrogens with zero attached hydrogens (tertiary/aromatic N) is 1. The molecule has 19 heavy (non-hydrogen) atoms. The number of benzene rings is 1. The molecule has 0 amide bonds. The van der Waals surface area contributed by atoms with Gasteiger partial charge in [0.05, 0.1) is 6.33 Å². The highest BCUT2D eigenvalue weighted by Crippen LogP contribution is 2.31. The number of halogens is 1. The fourth-order valence-electron chi connectivity index (χ4n) is 1.75. The van der Waals surface area contributed by atoms with Gasteiger partial charge in [0.15, 0.2) is 0 Å². The normalized spacial score (nSPS) is 10.8. The molecule has 0 aliphatic carbocycles. The lowest BCUT2D eigenvalue weighted by atomic mass is 10.0. The van der Waals surface area contributed by atoms with Crippen molar-refractivity contribution in [3.63, 3.8) is 0 Å². The minimum Gasteiger partial charge on any atom is -0.437 e. The van der Waals surface area contributed by atoms with E-state index in [1.165, 1.54) is 6.33 Å². The Morgan fingerprint density at radius 1 is 1.37 bits per heavy atom. The average molecular weight is 370 g/mol. The maximum Gasteiger partial charge on any atom is 0.268 e. The van der Waals surface area contributed by atoms with Gasteiger partial charge in [-0.3, -0.25) is 4.79 Å². The molecule has 1 aromatic heterocycles. The van der Waals surface area contributed by atoms with Gasteiger partial charge in [-0.2, -0.15) is 0 Å². The summed E-state index contributed by atoms with van der Waals surface area (Å²) in [5.41, 5.74) is 2.02. The predicted molar refractivity (Wildman–Crippen MR) is 82.9 cm³/mol. The Labute approximate surface area is 125 Å². The van der Waals surface area contributed by atoms with E-state index >= 15 is 0 Å². The summed E-state index contributed by atoms with van der Waals surface area (Å²) in [7, 11) is 0. The zero-order valence-electron chi connectivity index (χ0n) is 11.0. The Morgan fingerprint density at radius 3 is 2.79 bits per heavy atom. The summed E-state index contributed by atoms with van der Waals surface area (Å²) in [5, 5.41) is 0. The summed E-state index contributed by atoms with van der Waals surface area (Å²) in [6.07, 6.45) is 1.35. The van der Waals surface area contributed by atoms with Crippen molar-refractivity contribution >= 4 is 22.6 Å². The lowest BCUT2D eigenvalue weighted by molar-refractivity contribution is 0.448. The van der Waals surface area contributed by atoms with E-state index < -0.39 is 0 Å². The van der Waals surface area contributed by atoms with Crippen LogP contribution < -0.4 is 10.3 Å². The Bertz CT molecular complexity index is 650. The van der Waals surface area contributed by atoms with E-state index in [0.717, 1.165) is 16.9 Å². The molecule has 4 nitrogen and oxygen atoms in total. The molecule has 0 fully saturated rings. The number of nitrogens with one attached hydrogen (secondary N) is 1. The molecular weight excluding hydrogens is 355 g/mol. The third kappa shape index (κ3) is 3.15. The van der Waals surface area contributed by atoms with Crippen molar-refractivity contribution in [2.24, 2.45) is 0 Å². The molecule has 0 aliphatic heterocycles. The molecule has 1 N–H and O–H groups in total. The highest BCUT2D eigenvalue weighted by atomic mass is 127. The molecule has 0 spiro atoms. The van der Waals surface area contributed by atoms with E-state index in [0.29, 0.717) is 15.4 Å². The van der Waals surface area contributed by atoms with Crippen molar-refractivity contribution in [2.45, 2.75) is 26.7 Å². The molecule has 0 radical (unpaired) electrons. The number of ether oxygens (including phenoxy) is 1. The number of hydrogen-bond acceptors (Lipinski definition) is 3. The smallest absolute Gasteiger partial charge is 0.268 e. The third-order valence-electron chi connectivity index (χ3n) is 2.76. The summed E-state index contributed by atoms with van der Waals surface area (Å²) in [5.74, 6) is 1.44. The summed E-state index contributed by atoms with van der Waals surface area (Å²) in [6.45, 7) is 6.22. The van der Waals surface area contributed by atoms with Gasteiger partial charge in [-0.15, -0.1) is 0 Å². The van der Waals surface area contributed by atoms with Gasteiger partial charge in [0.25, 0.3) is 5.56 Å². The van der Waals surface area contributed by atoms with Gasteiger partial charge in [0.2, 0.25) is 5.88 Å². The van der Waals surface area contributed by atoms with Gasteiger partial charge in [-0.05, 0) is 52.6 Å². The molecule has 0 saturated heterocycles. The lowest BCUT2D eigenvalue weighted by Crippen LogP contribution is -2.11. The fourth-order valence-corrected chi connectivity index (χ4v) is 2.15. The van der Waals surface area contributed by atoms with Crippen LogP contribution in [0.5, 0.6) is 11.6 Å². The van der Waals surface area contributed by atoms with Crippen LogP contribution in [0.4, 0.5) is 0 Å². The topological polar surface area (TPSA) is 55.0 Å². The fraction of sp³-hybridized carbons (Fsp3) is 0.286. The highest BCUT2D eigenvalue weighted by Gasteiger charge is 2.13. The monoisotopic (exact) mass is 370 g/mol. The number of H-pyrrole nitrogens is 1. The molecule has 0 atom stereocenters. The molecular formula is C14H15IN2O2. The molecule has 2 rings (SSSR count). The number of aryl methyl sites for hydroxylation is 1. The zero-order chi connectivity index (χ0) is 14.0. The highest BCUT2D eigenvalue weighted by molar-refractivity contribution is 14.1. The first-order valence-corrected chi connectivity index (χ1v) is 7.08. The molecule has 1 heterocycles. The van der Waals surface area contributed by atoms with E-state index in [1.807, 2.05) is 35.6 Å². The van der Waals surface area contributed by atoms with E-state index in [2.05, 4.69) is 35.9 Å². The van der Waals surface area contributed by atoms with Crippen LogP contribution >= 0.6 is 22.6 Å². The number of aromatic amines is 1. The van der Waals surface area contributed by atoms with E-state index in [4.69, 9.17) is 4.74 Å². The van der Waals surface area contributed by atoms with Crippen molar-refractivity contribution in [3.05, 3.63) is 49.6 Å². The largest absolute Gasteiger partial charge is 0.437 e. The van der Waals surface area contributed by atoms with Crippen LogP contribution in [0.3, 0.4) is 0 Å². The van der Waals surface area contributed by atoms with Crippen LogP contribution in [0.25, 0.3) is 0 Å². The van der Waals surface area contributed by atoms with Crippen LogP contribution in [0, 0.1) is 10.5 Å². The number of hydrogen-bond donors (Lipinski definition) is 1. The molecule has 2 aromatic rings. The van der Waals surface area contributed by atoms with E-state index in [1.54, 1.807) is 0 Å². The van der Waals surface area contributed by atoms with Gasteiger partial charge >= 0.3 is 0 Å². The van der Waals surface area contributed by atoms with E-state index in [-0.39, 0.29) is 5.56 Å². The van der Waals surface area contributed by atoms with Crippen LogP contribution in [0.2, 0.25) is 0 Å². The molecule has 0 unspecified atom stereocenters. The predicted octanol–water partition coefficient (Wildman–Crippen LogP) is 3.60. The molecule has 5 heteroatoms. The summed E-state index contributed by atoms with van der Waals surface area (Å²) in [4.78, 5) is 18.1. The zero-order valence-corrected chi connectivity index (χ0v) is 13.2. The van der Waals surface area contributed by atoms with Crippen molar-refractivity contribution in [3.8, 4) is 11.6 Å². The summed E-state index contributed by atoms with van der Waals surface area (Å²) < 4.78 is 6.28. The van der Waals surface area contributed by atoms with Crippen LogP contribution in [0.1, 0.15) is 30.9 Å². The summed E-state index contributed by atoms with van der Waals surface area (Å²) >= 11 is 1.94. The van der Waals surface area contributed by atoms with Crippen LogP contribution in [-0.4, -0.2) is 9.97 Å². The second-order valence-corrected chi connectivity index (χ2v) is 5.73. The number of rotatable bonds is 3. The standard InChI is InChI=1S/C14H15IN2O2/c1-8(2)10-5-4-9(3)6-11(10)19-14-12(15)13(18)16-7-17-14/h4-8H,1-3H3,(H,16,17,18). The molecule has 0 bridgehead atoms. The second-order valence-electron chi connectivity index (χ2n) is 4.65. The van der Waals surface area contributed by atoms with Crippen molar-refractivity contribution in [1.82, 2.24) is 9.97 Å². The first-order valence-electron chi connectivity index (χ1n) is 6.00. The maximum absolute atomic E-state index is 11.5. The van der Waals surface area contributed by atoms with Gasteiger partial charge in [-0.1, -0.05) is 26.0 Å². The first-order chi connectivity index (χ1) is 8.99. The Kier molecular flexibility index (Phi) is 4.24. The van der Waals surface area contributed by atoms with Gasteiger partial charge in [0, 0.05) is 0 Å². The maximum atomic E-state index is 11.5. The van der Waals surface area contributed by atoms with Crippen LogP contribution in [-0.2, 0) is 0 Å². The Balaban J connectivity index is 2.45. The molecule has 0 aliphatic rings. The minimum atomic E-state index is -0.190. The van der Waals surface area contributed by atoms with Crippen LogP contribution in [0.15, 0.2) is 29.3 Å². The van der Waals surface area contributed by atoms with Gasteiger partial charge in [-0.25, -0.2) is 4.98 Å². The second kappa shape index (κ2) is 5.73. The first kappa shape index (κ1) is 14.0. The molecule has 100 valence electrons. The molecule has 0 saturated carbocycles. The minimum absolute atomic E-state index is 0.190. The quantitative estimate of drug-likeness (QED) is 0.841.